The molecule has 0 amide bonds. The highest BCUT2D eigenvalue weighted by molar-refractivity contribution is 6.16. The SMILES string of the molecule is Cc1ccccc1/C=C(\C#N)C(=O)c1c(N)n(C)c(=O)n(C)c1=O. The molecular weight excluding hydrogens is 308 g/mol. The Morgan fingerprint density at radius 2 is 1.83 bits per heavy atom. The number of nitrogens with zero attached hydrogens (tertiary/aromatic N) is 3. The van der Waals surface area contributed by atoms with E-state index in [9.17, 15) is 19.6 Å². The van der Waals surface area contributed by atoms with Crippen molar-refractivity contribution in [2.75, 3.05) is 5.73 Å². The topological polar surface area (TPSA) is 111 Å². The fourth-order valence-corrected chi connectivity index (χ4v) is 2.26. The lowest BCUT2D eigenvalue weighted by atomic mass is 10.0. The molecule has 0 saturated carbocycles. The molecule has 1 aromatic carbocycles. The van der Waals surface area contributed by atoms with E-state index in [1.165, 1.54) is 20.2 Å². The predicted molar refractivity (Wildman–Crippen MR) is 90.4 cm³/mol. The van der Waals surface area contributed by atoms with Crippen molar-refractivity contribution in [3.8, 4) is 6.07 Å². The Kier molecular flexibility index (Phi) is 4.51. The summed E-state index contributed by atoms with van der Waals surface area (Å²) in [5, 5.41) is 9.33. The normalized spacial score (nSPS) is 11.2. The van der Waals surface area contributed by atoms with Gasteiger partial charge in [-0.1, -0.05) is 24.3 Å². The van der Waals surface area contributed by atoms with Gasteiger partial charge in [0, 0.05) is 14.1 Å². The van der Waals surface area contributed by atoms with Crippen molar-refractivity contribution in [3.63, 3.8) is 0 Å². The first kappa shape index (κ1) is 17.0. The highest BCUT2D eigenvalue weighted by Gasteiger charge is 2.23. The highest BCUT2D eigenvalue weighted by atomic mass is 16.2. The molecule has 1 aromatic heterocycles. The summed E-state index contributed by atoms with van der Waals surface area (Å²) in [6.07, 6.45) is 1.40. The Morgan fingerprint density at radius 1 is 1.21 bits per heavy atom. The second-order valence-electron chi connectivity index (χ2n) is 5.32. The summed E-state index contributed by atoms with van der Waals surface area (Å²) in [5.41, 5.74) is 5.23. The molecule has 0 spiro atoms. The molecule has 0 aliphatic carbocycles. The number of carbonyl (C=O) groups is 1. The van der Waals surface area contributed by atoms with Crippen LogP contribution in [0.2, 0.25) is 0 Å². The molecule has 0 fully saturated rings. The Hall–Kier alpha value is -3.40. The molecule has 0 saturated heterocycles. The van der Waals surface area contributed by atoms with E-state index >= 15 is 0 Å². The number of nitrogen functional groups attached to an aromatic ring is 1. The third-order valence-corrected chi connectivity index (χ3v) is 3.79. The van der Waals surface area contributed by atoms with Gasteiger partial charge in [0.25, 0.3) is 5.56 Å². The molecule has 2 rings (SSSR count). The van der Waals surface area contributed by atoms with Crippen LogP contribution in [0.4, 0.5) is 5.82 Å². The minimum absolute atomic E-state index is 0.230. The Labute approximate surface area is 137 Å². The van der Waals surface area contributed by atoms with Crippen LogP contribution in [0.15, 0.2) is 39.4 Å². The number of benzene rings is 1. The van der Waals surface area contributed by atoms with Crippen LogP contribution >= 0.6 is 0 Å². The van der Waals surface area contributed by atoms with Gasteiger partial charge in [-0.15, -0.1) is 0 Å². The third kappa shape index (κ3) is 2.77. The first-order chi connectivity index (χ1) is 11.3. The van der Waals surface area contributed by atoms with Gasteiger partial charge in [0.05, 0.1) is 0 Å². The molecule has 2 N–H and O–H groups in total. The van der Waals surface area contributed by atoms with Gasteiger partial charge in [-0.2, -0.15) is 5.26 Å². The number of nitrogens with two attached hydrogens (primary N) is 1. The second kappa shape index (κ2) is 6.38. The van der Waals surface area contributed by atoms with Gasteiger partial charge < -0.3 is 5.73 Å². The number of hydrogen-bond acceptors (Lipinski definition) is 5. The molecule has 0 bridgehead atoms. The van der Waals surface area contributed by atoms with E-state index < -0.39 is 17.0 Å². The van der Waals surface area contributed by atoms with Crippen LogP contribution in [0.25, 0.3) is 6.08 Å². The minimum Gasteiger partial charge on any atom is -0.384 e. The fourth-order valence-electron chi connectivity index (χ4n) is 2.26. The quantitative estimate of drug-likeness (QED) is 0.509. The number of aryl methyl sites for hydroxylation is 1. The number of carbonyl (C=O) groups excluding carboxylic acids is 1. The second-order valence-corrected chi connectivity index (χ2v) is 5.32. The Bertz CT molecular complexity index is 1020. The lowest BCUT2D eigenvalue weighted by molar-refractivity contribution is 0.103. The van der Waals surface area contributed by atoms with Gasteiger partial charge in [0.15, 0.2) is 0 Å². The van der Waals surface area contributed by atoms with E-state index in [2.05, 4.69) is 0 Å². The van der Waals surface area contributed by atoms with Crippen molar-refractivity contribution in [1.82, 2.24) is 9.13 Å². The summed E-state index contributed by atoms with van der Waals surface area (Å²) in [4.78, 5) is 36.7. The van der Waals surface area contributed by atoms with Crippen LogP contribution in [0, 0.1) is 18.3 Å². The van der Waals surface area contributed by atoms with Crippen molar-refractivity contribution >= 4 is 17.7 Å². The zero-order valence-corrected chi connectivity index (χ0v) is 13.5. The average Bonchev–Trinajstić information content (AvgIpc) is 2.57. The van der Waals surface area contributed by atoms with Crippen LogP contribution in [0.5, 0.6) is 0 Å². The van der Waals surface area contributed by atoms with E-state index in [4.69, 9.17) is 5.73 Å². The summed E-state index contributed by atoms with van der Waals surface area (Å²) in [6, 6.07) is 9.01. The van der Waals surface area contributed by atoms with Gasteiger partial charge in [0.2, 0.25) is 5.78 Å². The number of hydrogen-bond donors (Lipinski definition) is 1. The van der Waals surface area contributed by atoms with E-state index in [1.807, 2.05) is 19.1 Å². The number of nitriles is 1. The maximum absolute atomic E-state index is 12.6. The molecular formula is C17H16N4O3. The third-order valence-electron chi connectivity index (χ3n) is 3.79. The number of ketones is 1. The Morgan fingerprint density at radius 3 is 2.42 bits per heavy atom. The van der Waals surface area contributed by atoms with Crippen LogP contribution < -0.4 is 17.0 Å². The van der Waals surface area contributed by atoms with Crippen LogP contribution in [-0.2, 0) is 14.1 Å². The molecule has 0 aliphatic heterocycles. The highest BCUT2D eigenvalue weighted by Crippen LogP contribution is 2.16. The van der Waals surface area contributed by atoms with Gasteiger partial charge in [0.1, 0.15) is 23.0 Å². The maximum atomic E-state index is 12.6. The lowest BCUT2D eigenvalue weighted by Gasteiger charge is -2.10. The molecule has 0 radical (unpaired) electrons. The molecule has 0 aliphatic rings. The van der Waals surface area contributed by atoms with E-state index in [-0.39, 0.29) is 17.0 Å². The molecule has 2 aromatic rings. The van der Waals surface area contributed by atoms with Crippen LogP contribution in [0.1, 0.15) is 21.5 Å². The van der Waals surface area contributed by atoms with E-state index in [0.717, 1.165) is 14.7 Å². The van der Waals surface area contributed by atoms with Crippen LogP contribution in [-0.4, -0.2) is 14.9 Å². The maximum Gasteiger partial charge on any atom is 0.332 e. The summed E-state index contributed by atoms with van der Waals surface area (Å²) in [7, 11) is 2.60. The van der Waals surface area contributed by atoms with Crippen molar-refractivity contribution in [1.29, 1.82) is 5.26 Å². The minimum atomic E-state index is -0.827. The smallest absolute Gasteiger partial charge is 0.332 e. The van der Waals surface area contributed by atoms with Crippen LogP contribution in [0.3, 0.4) is 0 Å². The number of rotatable bonds is 3. The summed E-state index contributed by atoms with van der Waals surface area (Å²) >= 11 is 0. The van der Waals surface area contributed by atoms with E-state index in [1.54, 1.807) is 18.2 Å². The molecule has 122 valence electrons. The zero-order chi connectivity index (χ0) is 18.0. The predicted octanol–water partition coefficient (Wildman–Crippen LogP) is 0.764. The molecule has 0 atom stereocenters. The zero-order valence-electron chi connectivity index (χ0n) is 13.5. The Balaban J connectivity index is 2.69. The number of anilines is 1. The molecule has 1 heterocycles. The van der Waals surface area contributed by atoms with Gasteiger partial charge >= 0.3 is 5.69 Å². The molecule has 7 nitrogen and oxygen atoms in total. The van der Waals surface area contributed by atoms with Crippen molar-refractivity contribution in [2.45, 2.75) is 6.92 Å². The average molecular weight is 324 g/mol. The van der Waals surface area contributed by atoms with Gasteiger partial charge in [-0.25, -0.2) is 4.79 Å². The van der Waals surface area contributed by atoms with Crippen molar-refractivity contribution in [3.05, 3.63) is 67.4 Å². The van der Waals surface area contributed by atoms with Gasteiger partial charge in [-0.3, -0.25) is 18.7 Å². The summed E-state index contributed by atoms with van der Waals surface area (Å²) < 4.78 is 1.78. The van der Waals surface area contributed by atoms with Gasteiger partial charge in [-0.05, 0) is 24.1 Å². The monoisotopic (exact) mass is 324 g/mol. The van der Waals surface area contributed by atoms with E-state index in [0.29, 0.717) is 5.56 Å². The van der Waals surface area contributed by atoms with Crippen molar-refractivity contribution in [2.24, 2.45) is 14.1 Å². The lowest BCUT2D eigenvalue weighted by Crippen LogP contribution is -2.41. The first-order valence-electron chi connectivity index (χ1n) is 7.07. The fraction of sp³-hybridized carbons (Fsp3) is 0.176. The summed E-state index contributed by atoms with van der Waals surface area (Å²) in [6.45, 7) is 1.84. The molecule has 0 unspecified atom stereocenters. The molecule has 24 heavy (non-hydrogen) atoms. The van der Waals surface area contributed by atoms with Crippen molar-refractivity contribution < 1.29 is 4.79 Å². The summed E-state index contributed by atoms with van der Waals surface area (Å²) in [5.74, 6) is -1.08. The number of Topliss-reactive ketones (excluding diaryl/α,β-unsaturated/α-hetero) is 1. The standard InChI is InChI=1S/C17H16N4O3/c1-10-6-4-5-7-11(10)8-12(9-18)14(22)13-15(19)20(2)17(24)21(3)16(13)23/h4-8H,19H2,1-3H3/b12-8+. The number of aromatic nitrogens is 2. The number of allylic oxidation sites excluding steroid dienone is 1. The first-order valence-corrected chi connectivity index (χ1v) is 7.07. The largest absolute Gasteiger partial charge is 0.384 e. The molecule has 7 heteroatoms.